The molecule has 1 nitrogen and oxygen atoms in total. The monoisotopic (exact) mass is 264 g/mol. The van der Waals surface area contributed by atoms with Gasteiger partial charge in [0.05, 0.1) is 0 Å². The van der Waals surface area contributed by atoms with Crippen molar-refractivity contribution < 1.29 is 4.79 Å². The molecule has 0 aliphatic rings. The molecule has 0 saturated heterocycles. The summed E-state index contributed by atoms with van der Waals surface area (Å²) in [5, 5.41) is 0. The molecule has 0 fully saturated rings. The Hall–Kier alpha value is -2.15. The summed E-state index contributed by atoms with van der Waals surface area (Å²) < 4.78 is 0. The SMILES string of the molecule is CCC(C(C)=O)=C(C)c1cccc(-c2ccccc2)c1. The quantitative estimate of drug-likeness (QED) is 0.700. The van der Waals surface area contributed by atoms with Gasteiger partial charge in [-0.15, -0.1) is 0 Å². The predicted octanol–water partition coefficient (Wildman–Crippen LogP) is 5.13. The summed E-state index contributed by atoms with van der Waals surface area (Å²) in [6, 6.07) is 18.7. The van der Waals surface area contributed by atoms with Gasteiger partial charge in [-0.2, -0.15) is 0 Å². The van der Waals surface area contributed by atoms with Crippen LogP contribution in [0.4, 0.5) is 0 Å². The molecule has 0 aliphatic heterocycles. The molecular weight excluding hydrogens is 244 g/mol. The van der Waals surface area contributed by atoms with Gasteiger partial charge in [-0.1, -0.05) is 55.5 Å². The van der Waals surface area contributed by atoms with E-state index in [9.17, 15) is 4.79 Å². The van der Waals surface area contributed by atoms with E-state index < -0.39 is 0 Å². The molecule has 0 aliphatic carbocycles. The van der Waals surface area contributed by atoms with Crippen molar-refractivity contribution in [2.24, 2.45) is 0 Å². The molecule has 20 heavy (non-hydrogen) atoms. The van der Waals surface area contributed by atoms with Gasteiger partial charge < -0.3 is 0 Å². The predicted molar refractivity (Wildman–Crippen MR) is 85.4 cm³/mol. The van der Waals surface area contributed by atoms with Gasteiger partial charge in [0.15, 0.2) is 5.78 Å². The van der Waals surface area contributed by atoms with Crippen LogP contribution < -0.4 is 0 Å². The second kappa shape index (κ2) is 6.33. The molecule has 0 unspecified atom stereocenters. The highest BCUT2D eigenvalue weighted by atomic mass is 16.1. The third kappa shape index (κ3) is 3.05. The van der Waals surface area contributed by atoms with Crippen LogP contribution in [0.15, 0.2) is 60.2 Å². The van der Waals surface area contributed by atoms with E-state index in [1.54, 1.807) is 6.92 Å². The van der Waals surface area contributed by atoms with Crippen LogP contribution >= 0.6 is 0 Å². The normalized spacial score (nSPS) is 11.9. The van der Waals surface area contributed by atoms with Gasteiger partial charge in [0.1, 0.15) is 0 Å². The summed E-state index contributed by atoms with van der Waals surface area (Å²) in [5.74, 6) is 0.162. The van der Waals surface area contributed by atoms with Crippen LogP contribution in [-0.4, -0.2) is 5.78 Å². The number of carbonyl (C=O) groups excluding carboxylic acids is 1. The standard InChI is InChI=1S/C19H20O/c1-4-19(15(3)20)14(2)17-11-8-12-18(13-17)16-9-6-5-7-10-16/h5-13H,4H2,1-3H3. The van der Waals surface area contributed by atoms with Crippen LogP contribution in [0.3, 0.4) is 0 Å². The fourth-order valence-electron chi connectivity index (χ4n) is 2.52. The van der Waals surface area contributed by atoms with Gasteiger partial charge in [0, 0.05) is 0 Å². The molecule has 0 atom stereocenters. The molecular formula is C19H20O. The van der Waals surface area contributed by atoms with Crippen molar-refractivity contribution in [3.63, 3.8) is 0 Å². The van der Waals surface area contributed by atoms with Crippen molar-refractivity contribution >= 4 is 11.4 Å². The van der Waals surface area contributed by atoms with E-state index in [1.807, 2.05) is 32.0 Å². The molecule has 0 bridgehead atoms. The first-order valence-corrected chi connectivity index (χ1v) is 7.00. The van der Waals surface area contributed by atoms with E-state index in [4.69, 9.17) is 0 Å². The number of hydrogen-bond acceptors (Lipinski definition) is 1. The van der Waals surface area contributed by atoms with E-state index in [0.29, 0.717) is 0 Å². The molecule has 1 heteroatoms. The molecule has 0 radical (unpaired) electrons. The second-order valence-corrected chi connectivity index (χ2v) is 4.96. The van der Waals surface area contributed by atoms with Crippen molar-refractivity contribution in [1.29, 1.82) is 0 Å². The molecule has 0 spiro atoms. The molecule has 0 amide bonds. The Balaban J connectivity index is 2.48. The fraction of sp³-hybridized carbons (Fsp3) is 0.211. The van der Waals surface area contributed by atoms with E-state index >= 15 is 0 Å². The Bertz CT molecular complexity index is 636. The Morgan fingerprint density at radius 1 is 0.900 bits per heavy atom. The Labute approximate surface area is 121 Å². The number of Topliss-reactive ketones (excluding diaryl/α,β-unsaturated/α-hetero) is 1. The fourth-order valence-corrected chi connectivity index (χ4v) is 2.52. The van der Waals surface area contributed by atoms with Crippen molar-refractivity contribution in [2.75, 3.05) is 0 Å². The van der Waals surface area contributed by atoms with E-state index in [2.05, 4.69) is 36.4 Å². The zero-order valence-corrected chi connectivity index (χ0v) is 12.3. The van der Waals surface area contributed by atoms with Gasteiger partial charge in [0.25, 0.3) is 0 Å². The Kier molecular flexibility index (Phi) is 4.52. The van der Waals surface area contributed by atoms with Crippen LogP contribution in [0.5, 0.6) is 0 Å². The molecule has 0 aromatic heterocycles. The van der Waals surface area contributed by atoms with Gasteiger partial charge in [-0.25, -0.2) is 0 Å². The molecule has 0 N–H and O–H groups in total. The minimum absolute atomic E-state index is 0.162. The van der Waals surface area contributed by atoms with E-state index in [0.717, 1.165) is 23.1 Å². The van der Waals surface area contributed by atoms with Crippen LogP contribution in [0.2, 0.25) is 0 Å². The van der Waals surface area contributed by atoms with Gasteiger partial charge >= 0.3 is 0 Å². The van der Waals surface area contributed by atoms with E-state index in [-0.39, 0.29) is 5.78 Å². The van der Waals surface area contributed by atoms with Crippen LogP contribution in [0, 0.1) is 0 Å². The maximum atomic E-state index is 11.7. The van der Waals surface area contributed by atoms with Crippen LogP contribution in [-0.2, 0) is 4.79 Å². The molecule has 2 aromatic rings. The summed E-state index contributed by atoms with van der Waals surface area (Å²) in [6.45, 7) is 5.70. The lowest BCUT2D eigenvalue weighted by Crippen LogP contribution is -1.98. The van der Waals surface area contributed by atoms with Crippen LogP contribution in [0.25, 0.3) is 16.7 Å². The highest BCUT2D eigenvalue weighted by Gasteiger charge is 2.08. The summed E-state index contributed by atoms with van der Waals surface area (Å²) >= 11 is 0. The van der Waals surface area contributed by atoms with Crippen molar-refractivity contribution in [3.8, 4) is 11.1 Å². The topological polar surface area (TPSA) is 17.1 Å². The number of ketones is 1. The lowest BCUT2D eigenvalue weighted by atomic mass is 9.94. The second-order valence-electron chi connectivity index (χ2n) is 4.96. The average molecular weight is 264 g/mol. The first kappa shape index (κ1) is 14.3. The van der Waals surface area contributed by atoms with Crippen molar-refractivity contribution in [3.05, 3.63) is 65.7 Å². The number of hydrogen-bond donors (Lipinski definition) is 0. The molecule has 2 rings (SSSR count). The lowest BCUT2D eigenvalue weighted by molar-refractivity contribution is -0.113. The number of carbonyl (C=O) groups is 1. The first-order chi connectivity index (χ1) is 9.63. The van der Waals surface area contributed by atoms with E-state index in [1.165, 1.54) is 11.1 Å². The highest BCUT2D eigenvalue weighted by molar-refractivity contribution is 6.00. The summed E-state index contributed by atoms with van der Waals surface area (Å²) in [7, 11) is 0. The molecule has 2 aromatic carbocycles. The smallest absolute Gasteiger partial charge is 0.156 e. The van der Waals surface area contributed by atoms with Crippen molar-refractivity contribution in [1.82, 2.24) is 0 Å². The summed E-state index contributed by atoms with van der Waals surface area (Å²) in [5.41, 5.74) is 5.50. The minimum atomic E-state index is 0.162. The Morgan fingerprint density at radius 2 is 1.55 bits per heavy atom. The first-order valence-electron chi connectivity index (χ1n) is 7.00. The summed E-state index contributed by atoms with van der Waals surface area (Å²) in [4.78, 5) is 11.7. The zero-order valence-electron chi connectivity index (χ0n) is 12.3. The van der Waals surface area contributed by atoms with Gasteiger partial charge in [-0.05, 0) is 54.2 Å². The number of allylic oxidation sites excluding steroid dienone is 2. The molecule has 102 valence electrons. The summed E-state index contributed by atoms with van der Waals surface area (Å²) in [6.07, 6.45) is 0.775. The zero-order chi connectivity index (χ0) is 14.5. The third-order valence-electron chi connectivity index (χ3n) is 3.63. The minimum Gasteiger partial charge on any atom is -0.295 e. The number of benzene rings is 2. The van der Waals surface area contributed by atoms with Crippen LogP contribution in [0.1, 0.15) is 32.8 Å². The van der Waals surface area contributed by atoms with Crippen molar-refractivity contribution in [2.45, 2.75) is 27.2 Å². The maximum Gasteiger partial charge on any atom is 0.156 e. The van der Waals surface area contributed by atoms with Gasteiger partial charge in [-0.3, -0.25) is 4.79 Å². The third-order valence-corrected chi connectivity index (χ3v) is 3.63. The number of rotatable bonds is 4. The maximum absolute atomic E-state index is 11.7. The van der Waals surface area contributed by atoms with Gasteiger partial charge in [0.2, 0.25) is 0 Å². The Morgan fingerprint density at radius 3 is 2.15 bits per heavy atom. The lowest BCUT2D eigenvalue weighted by Gasteiger charge is -2.10. The molecule has 0 saturated carbocycles. The average Bonchev–Trinajstić information content (AvgIpc) is 2.48. The largest absolute Gasteiger partial charge is 0.295 e. The highest BCUT2D eigenvalue weighted by Crippen LogP contribution is 2.26. The molecule has 0 heterocycles.